The first-order valence-corrected chi connectivity index (χ1v) is 4.46. The van der Waals surface area contributed by atoms with E-state index in [1.165, 1.54) is 15.8 Å². The topological polar surface area (TPSA) is 12.9 Å². The molecular formula is C9H9NS. The summed E-state index contributed by atoms with van der Waals surface area (Å²) in [5, 5.41) is 2.09. The van der Waals surface area contributed by atoms with E-state index in [0.29, 0.717) is 0 Å². The second-order valence-electron chi connectivity index (χ2n) is 2.70. The van der Waals surface area contributed by atoms with Crippen molar-refractivity contribution in [3.8, 4) is 0 Å². The Balaban J connectivity index is 2.93. The van der Waals surface area contributed by atoms with Crippen LogP contribution in [0.3, 0.4) is 0 Å². The third kappa shape index (κ3) is 0.942. The van der Waals surface area contributed by atoms with Crippen LogP contribution in [0.5, 0.6) is 0 Å². The molecule has 0 unspecified atom stereocenters. The summed E-state index contributed by atoms with van der Waals surface area (Å²) in [6.07, 6.45) is 1.93. The molecule has 0 amide bonds. The van der Waals surface area contributed by atoms with E-state index in [9.17, 15) is 0 Å². The molecule has 0 saturated carbocycles. The molecule has 56 valence electrons. The van der Waals surface area contributed by atoms with E-state index in [4.69, 9.17) is 0 Å². The lowest BCUT2D eigenvalue weighted by molar-refractivity contribution is 1.29. The van der Waals surface area contributed by atoms with Gasteiger partial charge in [-0.15, -0.1) is 11.3 Å². The summed E-state index contributed by atoms with van der Waals surface area (Å²) in [4.78, 5) is 4.31. The van der Waals surface area contributed by atoms with E-state index in [-0.39, 0.29) is 0 Å². The second kappa shape index (κ2) is 2.31. The Morgan fingerprint density at radius 1 is 1.36 bits per heavy atom. The average molecular weight is 163 g/mol. The van der Waals surface area contributed by atoms with E-state index >= 15 is 0 Å². The van der Waals surface area contributed by atoms with Gasteiger partial charge in [0.05, 0.1) is 10.2 Å². The SMILES string of the molecule is Cc1cnc2ccsc2c1C. The predicted molar refractivity (Wildman–Crippen MR) is 49.1 cm³/mol. The second-order valence-corrected chi connectivity index (χ2v) is 3.62. The minimum atomic E-state index is 1.12. The number of aryl methyl sites for hydroxylation is 2. The van der Waals surface area contributed by atoms with E-state index in [2.05, 4.69) is 30.3 Å². The third-order valence-corrected chi connectivity index (χ3v) is 3.00. The average Bonchev–Trinajstić information content (AvgIpc) is 2.45. The van der Waals surface area contributed by atoms with Gasteiger partial charge in [-0.25, -0.2) is 0 Å². The highest BCUT2D eigenvalue weighted by molar-refractivity contribution is 7.17. The zero-order chi connectivity index (χ0) is 7.84. The first-order chi connectivity index (χ1) is 5.29. The van der Waals surface area contributed by atoms with Crippen molar-refractivity contribution in [1.82, 2.24) is 4.98 Å². The summed E-state index contributed by atoms with van der Waals surface area (Å²) in [5.74, 6) is 0. The molecule has 11 heavy (non-hydrogen) atoms. The van der Waals surface area contributed by atoms with E-state index in [0.717, 1.165) is 5.52 Å². The van der Waals surface area contributed by atoms with Crippen molar-refractivity contribution in [2.45, 2.75) is 13.8 Å². The molecule has 0 fully saturated rings. The van der Waals surface area contributed by atoms with Crippen molar-refractivity contribution >= 4 is 21.6 Å². The molecule has 2 heterocycles. The van der Waals surface area contributed by atoms with Gasteiger partial charge in [0.2, 0.25) is 0 Å². The van der Waals surface area contributed by atoms with Gasteiger partial charge in [0.25, 0.3) is 0 Å². The quantitative estimate of drug-likeness (QED) is 0.582. The number of fused-ring (bicyclic) bond motifs is 1. The maximum absolute atomic E-state index is 4.31. The van der Waals surface area contributed by atoms with Gasteiger partial charge < -0.3 is 0 Å². The number of thiophene rings is 1. The molecule has 0 atom stereocenters. The van der Waals surface area contributed by atoms with Gasteiger partial charge in [0.1, 0.15) is 0 Å². The fourth-order valence-corrected chi connectivity index (χ4v) is 2.04. The summed E-state index contributed by atoms with van der Waals surface area (Å²) in [7, 11) is 0. The highest BCUT2D eigenvalue weighted by Crippen LogP contribution is 2.23. The van der Waals surface area contributed by atoms with Crippen LogP contribution in [0.25, 0.3) is 10.2 Å². The minimum absolute atomic E-state index is 1.12. The van der Waals surface area contributed by atoms with Gasteiger partial charge in [0.15, 0.2) is 0 Å². The number of pyridine rings is 1. The Bertz CT molecular complexity index is 389. The van der Waals surface area contributed by atoms with Crippen molar-refractivity contribution in [2.24, 2.45) is 0 Å². The fourth-order valence-electron chi connectivity index (χ4n) is 1.13. The lowest BCUT2D eigenvalue weighted by Crippen LogP contribution is -1.82. The molecule has 0 N–H and O–H groups in total. The van der Waals surface area contributed by atoms with Crippen LogP contribution in [0.15, 0.2) is 17.6 Å². The van der Waals surface area contributed by atoms with Crippen LogP contribution >= 0.6 is 11.3 Å². The highest BCUT2D eigenvalue weighted by Gasteiger charge is 2.00. The molecule has 2 rings (SSSR count). The van der Waals surface area contributed by atoms with Crippen LogP contribution in [0.2, 0.25) is 0 Å². The zero-order valence-electron chi connectivity index (χ0n) is 6.59. The summed E-state index contributed by atoms with van der Waals surface area (Å²) < 4.78 is 1.32. The summed E-state index contributed by atoms with van der Waals surface area (Å²) in [6.45, 7) is 4.25. The molecule has 2 aromatic heterocycles. The van der Waals surface area contributed by atoms with Crippen LogP contribution in [0.4, 0.5) is 0 Å². The molecule has 0 saturated heterocycles. The molecule has 0 aliphatic rings. The van der Waals surface area contributed by atoms with Gasteiger partial charge in [-0.1, -0.05) is 0 Å². The van der Waals surface area contributed by atoms with Gasteiger partial charge in [-0.05, 0) is 36.4 Å². The monoisotopic (exact) mass is 163 g/mol. The van der Waals surface area contributed by atoms with Gasteiger partial charge in [-0.2, -0.15) is 0 Å². The standard InChI is InChI=1S/C9H9NS/c1-6-5-10-8-3-4-11-9(8)7(6)2/h3-5H,1-2H3. The van der Waals surface area contributed by atoms with E-state index < -0.39 is 0 Å². The molecule has 0 bridgehead atoms. The largest absolute Gasteiger partial charge is 0.255 e. The number of aromatic nitrogens is 1. The number of nitrogens with zero attached hydrogens (tertiary/aromatic N) is 1. The minimum Gasteiger partial charge on any atom is -0.255 e. The highest BCUT2D eigenvalue weighted by atomic mass is 32.1. The van der Waals surface area contributed by atoms with Crippen LogP contribution < -0.4 is 0 Å². The Morgan fingerprint density at radius 3 is 3.00 bits per heavy atom. The third-order valence-electron chi connectivity index (χ3n) is 1.97. The van der Waals surface area contributed by atoms with E-state index in [1.54, 1.807) is 11.3 Å². The molecule has 1 nitrogen and oxygen atoms in total. The number of hydrogen-bond donors (Lipinski definition) is 0. The first kappa shape index (κ1) is 6.80. The molecule has 0 radical (unpaired) electrons. The molecule has 0 spiro atoms. The van der Waals surface area contributed by atoms with Crippen molar-refractivity contribution < 1.29 is 0 Å². The maximum atomic E-state index is 4.31. The van der Waals surface area contributed by atoms with Gasteiger partial charge in [0, 0.05) is 6.20 Å². The van der Waals surface area contributed by atoms with Gasteiger partial charge >= 0.3 is 0 Å². The summed E-state index contributed by atoms with van der Waals surface area (Å²) >= 11 is 1.77. The zero-order valence-corrected chi connectivity index (χ0v) is 7.40. The molecule has 0 aromatic carbocycles. The molecule has 0 aliphatic carbocycles. The number of rotatable bonds is 0. The van der Waals surface area contributed by atoms with Crippen molar-refractivity contribution in [3.63, 3.8) is 0 Å². The van der Waals surface area contributed by atoms with Crippen molar-refractivity contribution in [1.29, 1.82) is 0 Å². The van der Waals surface area contributed by atoms with Crippen molar-refractivity contribution in [3.05, 3.63) is 28.8 Å². The smallest absolute Gasteiger partial charge is 0.0812 e. The first-order valence-electron chi connectivity index (χ1n) is 3.58. The lowest BCUT2D eigenvalue weighted by Gasteiger charge is -1.98. The van der Waals surface area contributed by atoms with Gasteiger partial charge in [-0.3, -0.25) is 4.98 Å². The lowest BCUT2D eigenvalue weighted by atomic mass is 10.2. The normalized spacial score (nSPS) is 10.7. The molecule has 2 heteroatoms. The molecule has 2 aromatic rings. The van der Waals surface area contributed by atoms with Crippen LogP contribution in [0, 0.1) is 13.8 Å². The predicted octanol–water partition coefficient (Wildman–Crippen LogP) is 2.91. The molecule has 0 aliphatic heterocycles. The summed E-state index contributed by atoms with van der Waals surface area (Å²) in [5.41, 5.74) is 3.77. The summed E-state index contributed by atoms with van der Waals surface area (Å²) in [6, 6.07) is 2.06. The van der Waals surface area contributed by atoms with Crippen LogP contribution in [-0.4, -0.2) is 4.98 Å². The van der Waals surface area contributed by atoms with Crippen molar-refractivity contribution in [2.75, 3.05) is 0 Å². The Hall–Kier alpha value is -0.890. The molecular weight excluding hydrogens is 154 g/mol. The van der Waals surface area contributed by atoms with Crippen LogP contribution in [0.1, 0.15) is 11.1 Å². The van der Waals surface area contributed by atoms with Crippen LogP contribution in [-0.2, 0) is 0 Å². The Labute approximate surface area is 69.7 Å². The Kier molecular flexibility index (Phi) is 1.43. The maximum Gasteiger partial charge on any atom is 0.0812 e. The fraction of sp³-hybridized carbons (Fsp3) is 0.222. The number of hydrogen-bond acceptors (Lipinski definition) is 2. The van der Waals surface area contributed by atoms with E-state index in [1.807, 2.05) is 6.20 Å². The Morgan fingerprint density at radius 2 is 2.18 bits per heavy atom.